The zero-order valence-corrected chi connectivity index (χ0v) is 12.5. The smallest absolute Gasteiger partial charge is 0.0597 e. The van der Waals surface area contributed by atoms with Gasteiger partial charge in [-0.1, -0.05) is 25.4 Å². The Balaban J connectivity index is 2.79. The highest BCUT2D eigenvalue weighted by molar-refractivity contribution is 6.31. The van der Waals surface area contributed by atoms with Crippen LogP contribution in [0.2, 0.25) is 5.02 Å². The van der Waals surface area contributed by atoms with Gasteiger partial charge in [0.25, 0.3) is 0 Å². The van der Waals surface area contributed by atoms with Gasteiger partial charge in [-0.25, -0.2) is 0 Å². The monoisotopic (exact) mass is 269 g/mol. The fourth-order valence-corrected chi connectivity index (χ4v) is 2.04. The van der Waals surface area contributed by atoms with Crippen LogP contribution < -0.4 is 16.0 Å². The second-order valence-corrected chi connectivity index (χ2v) is 5.61. The van der Waals surface area contributed by atoms with Crippen molar-refractivity contribution >= 4 is 23.0 Å². The third-order valence-electron chi connectivity index (χ3n) is 3.24. The Morgan fingerprint density at radius 2 is 2.00 bits per heavy atom. The first kappa shape index (κ1) is 15.1. The highest BCUT2D eigenvalue weighted by atomic mass is 35.5. The van der Waals surface area contributed by atoms with Crippen molar-refractivity contribution in [3.8, 4) is 0 Å². The zero-order valence-electron chi connectivity index (χ0n) is 11.7. The number of hydrogen-bond acceptors (Lipinski definition) is 3. The van der Waals surface area contributed by atoms with E-state index in [-0.39, 0.29) is 0 Å². The Morgan fingerprint density at radius 1 is 1.33 bits per heavy atom. The van der Waals surface area contributed by atoms with Crippen LogP contribution in [0.25, 0.3) is 0 Å². The Morgan fingerprint density at radius 3 is 2.50 bits per heavy atom. The maximum absolute atomic E-state index is 6.05. The van der Waals surface area contributed by atoms with Gasteiger partial charge in [0, 0.05) is 25.7 Å². The fourth-order valence-electron chi connectivity index (χ4n) is 1.87. The molecule has 0 aromatic heterocycles. The molecule has 0 amide bonds. The van der Waals surface area contributed by atoms with Crippen molar-refractivity contribution in [3.05, 3.63) is 23.2 Å². The maximum atomic E-state index is 6.05. The van der Waals surface area contributed by atoms with Crippen LogP contribution in [0.1, 0.15) is 13.8 Å². The Kier molecular flexibility index (Phi) is 5.76. The number of rotatable bonds is 6. The van der Waals surface area contributed by atoms with Crippen molar-refractivity contribution in [3.63, 3.8) is 0 Å². The van der Waals surface area contributed by atoms with Gasteiger partial charge in [0.05, 0.1) is 11.4 Å². The molecule has 1 rings (SSSR count). The van der Waals surface area contributed by atoms with E-state index < -0.39 is 0 Å². The van der Waals surface area contributed by atoms with E-state index in [0.717, 1.165) is 22.9 Å². The van der Waals surface area contributed by atoms with Crippen molar-refractivity contribution in [1.82, 2.24) is 0 Å². The molecule has 1 aromatic carbocycles. The van der Waals surface area contributed by atoms with E-state index in [2.05, 4.69) is 24.1 Å². The third-order valence-corrected chi connectivity index (χ3v) is 3.48. The number of halogens is 1. The SMILES string of the molecule is CC(C)C(CN)CNc1cc(Cl)ccc1N(C)C. The molecule has 0 aliphatic carbocycles. The van der Waals surface area contributed by atoms with E-state index in [1.807, 2.05) is 32.3 Å². The summed E-state index contributed by atoms with van der Waals surface area (Å²) in [4.78, 5) is 2.07. The van der Waals surface area contributed by atoms with Gasteiger partial charge in [-0.15, -0.1) is 0 Å². The standard InChI is InChI=1S/C14H24ClN3/c1-10(2)11(8-16)9-17-13-7-12(15)5-6-14(13)18(3)4/h5-7,10-11,17H,8-9,16H2,1-4H3. The summed E-state index contributed by atoms with van der Waals surface area (Å²) >= 11 is 6.05. The molecule has 1 atom stereocenters. The molecule has 0 aliphatic rings. The van der Waals surface area contributed by atoms with Crippen molar-refractivity contribution < 1.29 is 0 Å². The Labute approximate surface area is 115 Å². The summed E-state index contributed by atoms with van der Waals surface area (Å²) in [6.45, 7) is 5.96. The van der Waals surface area contributed by atoms with Crippen LogP contribution >= 0.6 is 11.6 Å². The van der Waals surface area contributed by atoms with Crippen LogP contribution in [0.15, 0.2) is 18.2 Å². The van der Waals surface area contributed by atoms with Crippen LogP contribution in [0.5, 0.6) is 0 Å². The third kappa shape index (κ3) is 4.07. The Bertz CT molecular complexity index is 377. The van der Waals surface area contributed by atoms with Crippen molar-refractivity contribution in [2.75, 3.05) is 37.4 Å². The van der Waals surface area contributed by atoms with Crippen molar-refractivity contribution in [2.45, 2.75) is 13.8 Å². The number of benzene rings is 1. The highest BCUT2D eigenvalue weighted by Crippen LogP contribution is 2.28. The second kappa shape index (κ2) is 6.86. The first-order valence-corrected chi connectivity index (χ1v) is 6.74. The first-order chi connectivity index (χ1) is 8.45. The van der Waals surface area contributed by atoms with Gasteiger partial charge in [0.15, 0.2) is 0 Å². The predicted octanol–water partition coefficient (Wildman–Crippen LogP) is 3.05. The topological polar surface area (TPSA) is 41.3 Å². The lowest BCUT2D eigenvalue weighted by molar-refractivity contribution is 0.413. The molecule has 0 radical (unpaired) electrons. The van der Waals surface area contributed by atoms with Gasteiger partial charge in [-0.2, -0.15) is 0 Å². The molecule has 0 bridgehead atoms. The minimum absolute atomic E-state index is 0.471. The van der Waals surface area contributed by atoms with Gasteiger partial charge in [-0.05, 0) is 36.6 Å². The predicted molar refractivity (Wildman–Crippen MR) is 81.7 cm³/mol. The van der Waals surface area contributed by atoms with Crippen molar-refractivity contribution in [2.24, 2.45) is 17.6 Å². The number of nitrogens with zero attached hydrogens (tertiary/aromatic N) is 1. The van der Waals surface area contributed by atoms with Crippen LogP contribution in [0.3, 0.4) is 0 Å². The molecule has 3 nitrogen and oxygen atoms in total. The molecule has 3 N–H and O–H groups in total. The lowest BCUT2D eigenvalue weighted by Crippen LogP contribution is -2.27. The van der Waals surface area contributed by atoms with Crippen molar-refractivity contribution in [1.29, 1.82) is 0 Å². The maximum Gasteiger partial charge on any atom is 0.0597 e. The molecule has 0 fully saturated rings. The number of nitrogens with one attached hydrogen (secondary N) is 1. The number of hydrogen-bond donors (Lipinski definition) is 2. The van der Waals surface area contributed by atoms with Crippen LogP contribution in [-0.2, 0) is 0 Å². The summed E-state index contributed by atoms with van der Waals surface area (Å²) in [6, 6.07) is 5.90. The average Bonchev–Trinajstić information content (AvgIpc) is 2.29. The molecule has 4 heteroatoms. The van der Waals surface area contributed by atoms with Gasteiger partial charge in [0.1, 0.15) is 0 Å². The summed E-state index contributed by atoms with van der Waals surface area (Å²) < 4.78 is 0. The van der Waals surface area contributed by atoms with E-state index >= 15 is 0 Å². The highest BCUT2D eigenvalue weighted by Gasteiger charge is 2.12. The molecule has 1 unspecified atom stereocenters. The van der Waals surface area contributed by atoms with E-state index in [4.69, 9.17) is 17.3 Å². The molecule has 102 valence electrons. The summed E-state index contributed by atoms with van der Waals surface area (Å²) in [5, 5.41) is 4.21. The minimum Gasteiger partial charge on any atom is -0.383 e. The van der Waals surface area contributed by atoms with E-state index in [0.29, 0.717) is 18.4 Å². The first-order valence-electron chi connectivity index (χ1n) is 6.36. The molecule has 0 aliphatic heterocycles. The summed E-state index contributed by atoms with van der Waals surface area (Å²) in [7, 11) is 4.05. The minimum atomic E-state index is 0.471. The summed E-state index contributed by atoms with van der Waals surface area (Å²) in [5.41, 5.74) is 7.99. The molecule has 0 spiro atoms. The quantitative estimate of drug-likeness (QED) is 0.834. The van der Waals surface area contributed by atoms with Gasteiger partial charge >= 0.3 is 0 Å². The molecule has 0 saturated carbocycles. The van der Waals surface area contributed by atoms with Crippen LogP contribution in [0.4, 0.5) is 11.4 Å². The summed E-state index contributed by atoms with van der Waals surface area (Å²) in [5.74, 6) is 1.04. The second-order valence-electron chi connectivity index (χ2n) is 5.18. The number of anilines is 2. The molecule has 0 saturated heterocycles. The lowest BCUT2D eigenvalue weighted by atomic mass is 9.96. The fraction of sp³-hybridized carbons (Fsp3) is 0.571. The normalized spacial score (nSPS) is 12.6. The lowest BCUT2D eigenvalue weighted by Gasteiger charge is -2.23. The average molecular weight is 270 g/mol. The molecular formula is C14H24ClN3. The van der Waals surface area contributed by atoms with E-state index in [1.165, 1.54) is 0 Å². The van der Waals surface area contributed by atoms with Crippen LogP contribution in [0, 0.1) is 11.8 Å². The van der Waals surface area contributed by atoms with Gasteiger partial charge in [-0.3, -0.25) is 0 Å². The molecule has 18 heavy (non-hydrogen) atoms. The Hall–Kier alpha value is -0.930. The molecular weight excluding hydrogens is 246 g/mol. The molecule has 0 heterocycles. The zero-order chi connectivity index (χ0) is 13.7. The van der Waals surface area contributed by atoms with E-state index in [1.54, 1.807) is 0 Å². The molecule has 1 aromatic rings. The largest absolute Gasteiger partial charge is 0.383 e. The van der Waals surface area contributed by atoms with Crippen LogP contribution in [-0.4, -0.2) is 27.2 Å². The van der Waals surface area contributed by atoms with Gasteiger partial charge in [0.2, 0.25) is 0 Å². The van der Waals surface area contributed by atoms with E-state index in [9.17, 15) is 0 Å². The van der Waals surface area contributed by atoms with Gasteiger partial charge < -0.3 is 16.0 Å². The number of nitrogens with two attached hydrogens (primary N) is 1. The summed E-state index contributed by atoms with van der Waals surface area (Å²) in [6.07, 6.45) is 0.